The number of non-ortho nitro benzene ring substituents is 4. The monoisotopic (exact) mass is 1170 g/mol. The molecule has 0 aromatic heterocycles. The topological polar surface area (TPSA) is 209 Å². The van der Waals surface area contributed by atoms with E-state index in [1.54, 1.807) is 48.5 Å². The number of rotatable bonds is 16. The van der Waals surface area contributed by atoms with Gasteiger partial charge in [0.25, 0.3) is 22.7 Å². The summed E-state index contributed by atoms with van der Waals surface area (Å²) in [6.07, 6.45) is 3.78. The quantitative estimate of drug-likeness (QED) is 0.0503. The molecule has 440 valence electrons. The van der Waals surface area contributed by atoms with E-state index in [1.165, 1.54) is 48.5 Å². The number of hydrogen-bond donors (Lipinski definition) is 0. The Bertz CT molecular complexity index is 3580. The maximum absolute atomic E-state index is 11.6. The van der Waals surface area contributed by atoms with Gasteiger partial charge in [0, 0.05) is 163 Å². The molecule has 88 heavy (non-hydrogen) atoms. The highest BCUT2D eigenvalue weighted by atomic mass is 16.6. The Morgan fingerprint density at radius 1 is 0.284 bits per heavy atom. The van der Waals surface area contributed by atoms with Gasteiger partial charge in [-0.05, 0) is 123 Å². The van der Waals surface area contributed by atoms with Gasteiger partial charge in [-0.15, -0.1) is 0 Å². The molecule has 1 aliphatic carbocycles. The Kier molecular flexibility index (Phi) is 20.3. The summed E-state index contributed by atoms with van der Waals surface area (Å²) in [7, 11) is 0. The summed E-state index contributed by atoms with van der Waals surface area (Å²) in [5.41, 5.74) is 10.8. The highest BCUT2D eigenvalue weighted by molar-refractivity contribution is 5.64. The smallest absolute Gasteiger partial charge is 0.269 e. The van der Waals surface area contributed by atoms with Crippen LogP contribution in [0, 0.1) is 87.8 Å². The van der Waals surface area contributed by atoms with Gasteiger partial charge in [-0.2, -0.15) is 0 Å². The van der Waals surface area contributed by atoms with E-state index in [2.05, 4.69) is 47.4 Å². The van der Waals surface area contributed by atoms with Crippen LogP contribution >= 0.6 is 0 Å². The van der Waals surface area contributed by atoms with Crippen LogP contribution in [0.3, 0.4) is 0 Å². The van der Waals surface area contributed by atoms with Crippen LogP contribution in [-0.4, -0.2) is 46.1 Å². The summed E-state index contributed by atoms with van der Waals surface area (Å²) in [5.74, 6) is 28.9. The van der Waals surface area contributed by atoms with Crippen molar-refractivity contribution in [2.75, 3.05) is 26.4 Å². The first-order valence-electron chi connectivity index (χ1n) is 28.9. The largest absolute Gasteiger partial charge is 0.493 e. The molecule has 0 heterocycles. The Morgan fingerprint density at radius 2 is 0.443 bits per heavy atom. The van der Waals surface area contributed by atoms with E-state index in [1.807, 2.05) is 76.2 Å². The number of hydrogen-bond acceptors (Lipinski definition) is 12. The van der Waals surface area contributed by atoms with E-state index < -0.39 is 19.7 Å². The summed E-state index contributed by atoms with van der Waals surface area (Å²) < 4.78 is 27.6. The van der Waals surface area contributed by atoms with E-state index in [0.29, 0.717) is 120 Å². The molecule has 0 amide bonds. The number of nitro groups is 4. The lowest BCUT2D eigenvalue weighted by atomic mass is 9.88. The van der Waals surface area contributed by atoms with Crippen molar-refractivity contribution in [2.24, 2.45) is 0 Å². The van der Waals surface area contributed by atoms with Gasteiger partial charge >= 0.3 is 0 Å². The zero-order valence-corrected chi connectivity index (χ0v) is 49.0. The molecular formula is C72H60N4O12. The van der Waals surface area contributed by atoms with Crippen molar-refractivity contribution in [3.63, 3.8) is 0 Å². The molecular weight excluding hydrogens is 1110 g/mol. The van der Waals surface area contributed by atoms with Crippen LogP contribution in [0.25, 0.3) is 0 Å². The Morgan fingerprint density at radius 3 is 0.591 bits per heavy atom. The third-order valence-electron chi connectivity index (χ3n) is 14.0. The van der Waals surface area contributed by atoms with E-state index in [9.17, 15) is 40.5 Å². The molecule has 1 aliphatic rings. The molecule has 16 heteroatoms. The lowest BCUT2D eigenvalue weighted by Crippen LogP contribution is -2.11. The zero-order chi connectivity index (χ0) is 62.1. The minimum Gasteiger partial charge on any atom is -0.493 e. The third kappa shape index (κ3) is 15.8. The number of nitro benzene ring substituents is 4. The van der Waals surface area contributed by atoms with Crippen molar-refractivity contribution in [3.8, 4) is 70.4 Å². The van der Waals surface area contributed by atoms with E-state index in [-0.39, 0.29) is 48.4 Å². The SMILES string of the molecule is CCCOc1c2cc(C#Cc3ccc([N+](=O)[O-])cc3)cc1Cc1cc(C#Cc3ccc([N+](=O)[O-])cc3)cc(c1OCCC)Cc1cc(C#Cc3ccc([N+](=O)[O-])cc3)cc(c1OCCC)Cc1cc(C#Cc3ccc([N+](=O)[O-])cc3)cc(c1OCCC)C2. The van der Waals surface area contributed by atoms with Gasteiger partial charge in [-0.3, -0.25) is 40.5 Å². The molecule has 0 fully saturated rings. The van der Waals surface area contributed by atoms with E-state index in [0.717, 1.165) is 44.5 Å². The molecule has 0 N–H and O–H groups in total. The molecule has 0 radical (unpaired) electrons. The number of ether oxygens (including phenoxy) is 4. The Labute approximate surface area is 510 Å². The maximum Gasteiger partial charge on any atom is 0.269 e. The van der Waals surface area contributed by atoms with Gasteiger partial charge in [-0.1, -0.05) is 75.1 Å². The van der Waals surface area contributed by atoms with Crippen molar-refractivity contribution in [2.45, 2.75) is 79.1 Å². The first-order valence-corrected chi connectivity index (χ1v) is 28.9. The van der Waals surface area contributed by atoms with Crippen molar-refractivity contribution >= 4 is 22.7 Å². The standard InChI is InChI=1S/C72H60N4O12/c1-5-33-85-69-57-37-53(13-9-49-17-25-65(26-18-49)73(77)78)38-58(69)46-60-40-55(15-11-51-21-29-67(30-22-51)75(81)82)42-62(71(60)87-35-7-3)48-64-44-56(16-12-52-23-31-68(32-24-52)76(83)84)43-63(72(64)88-36-8-4)47-61-41-54(39-59(45-57)70(61)86-34-6-2)14-10-50-19-27-66(28-20-50)74(79)80/h17-32,37-44H,5-8,33-36,45-48H2,1-4H3. The van der Waals surface area contributed by atoms with E-state index in [4.69, 9.17) is 18.9 Å². The van der Waals surface area contributed by atoms with Crippen molar-refractivity contribution in [3.05, 3.63) is 275 Å². The molecule has 0 aliphatic heterocycles. The second kappa shape index (κ2) is 29.1. The molecule has 0 spiro atoms. The molecule has 8 aromatic rings. The van der Waals surface area contributed by atoms with Gasteiger partial charge in [0.1, 0.15) is 23.0 Å². The van der Waals surface area contributed by atoms with Crippen LogP contribution in [0.15, 0.2) is 146 Å². The third-order valence-corrected chi connectivity index (χ3v) is 14.0. The number of nitrogens with zero attached hydrogens (tertiary/aromatic N) is 4. The van der Waals surface area contributed by atoms with Gasteiger partial charge in [0.05, 0.1) is 46.1 Å². The Hall–Kier alpha value is -11.2. The zero-order valence-electron chi connectivity index (χ0n) is 49.0. The van der Waals surface area contributed by atoms with Crippen LogP contribution in [0.2, 0.25) is 0 Å². The normalized spacial score (nSPS) is 11.1. The maximum atomic E-state index is 11.6. The summed E-state index contributed by atoms with van der Waals surface area (Å²) in [5, 5.41) is 46.4. The van der Waals surface area contributed by atoms with Gasteiger partial charge in [-0.25, -0.2) is 0 Å². The second-order valence-electron chi connectivity index (χ2n) is 20.8. The second-order valence-corrected chi connectivity index (χ2v) is 20.8. The van der Waals surface area contributed by atoms with Gasteiger partial charge in [0.2, 0.25) is 0 Å². The minimum atomic E-state index is -0.456. The summed E-state index contributed by atoms with van der Waals surface area (Å²) in [6.45, 7) is 9.62. The summed E-state index contributed by atoms with van der Waals surface area (Å²) in [4.78, 5) is 44.6. The van der Waals surface area contributed by atoms with Crippen molar-refractivity contribution < 1.29 is 38.6 Å². The number of fused-ring (bicyclic) bond motifs is 8. The van der Waals surface area contributed by atoms with Crippen LogP contribution in [0.4, 0.5) is 22.7 Å². The highest BCUT2D eigenvalue weighted by Crippen LogP contribution is 2.41. The lowest BCUT2D eigenvalue weighted by molar-refractivity contribution is -0.385. The summed E-state index contributed by atoms with van der Waals surface area (Å²) in [6, 6.07) is 40.2. The summed E-state index contributed by atoms with van der Waals surface area (Å²) >= 11 is 0. The molecule has 0 saturated heterocycles. The molecule has 16 nitrogen and oxygen atoms in total. The van der Waals surface area contributed by atoms with Crippen LogP contribution in [0.5, 0.6) is 23.0 Å². The average molecular weight is 1170 g/mol. The highest BCUT2D eigenvalue weighted by Gasteiger charge is 2.25. The average Bonchev–Trinajstić information content (AvgIpc) is 1.28. The fraction of sp³-hybridized carbons (Fsp3) is 0.222. The number of benzene rings is 8. The lowest BCUT2D eigenvalue weighted by Gasteiger charge is -2.24. The first-order chi connectivity index (χ1) is 42.7. The van der Waals surface area contributed by atoms with Crippen LogP contribution in [0.1, 0.15) is 142 Å². The molecule has 0 saturated carbocycles. The molecule has 9 rings (SSSR count). The Balaban J connectivity index is 1.36. The molecule has 8 bridgehead atoms. The molecule has 0 unspecified atom stereocenters. The van der Waals surface area contributed by atoms with Crippen molar-refractivity contribution in [1.29, 1.82) is 0 Å². The van der Waals surface area contributed by atoms with Crippen molar-refractivity contribution in [1.82, 2.24) is 0 Å². The molecule has 0 atom stereocenters. The fourth-order valence-electron chi connectivity index (χ4n) is 9.98. The minimum absolute atomic E-state index is 0.0572. The first kappa shape index (κ1) is 61.4. The predicted molar refractivity (Wildman–Crippen MR) is 336 cm³/mol. The van der Waals surface area contributed by atoms with Crippen LogP contribution < -0.4 is 18.9 Å². The van der Waals surface area contributed by atoms with Gasteiger partial charge in [0.15, 0.2) is 0 Å². The fourth-order valence-corrected chi connectivity index (χ4v) is 9.98. The van der Waals surface area contributed by atoms with Gasteiger partial charge < -0.3 is 18.9 Å². The van der Waals surface area contributed by atoms with Crippen LogP contribution in [-0.2, 0) is 25.7 Å². The van der Waals surface area contributed by atoms with E-state index >= 15 is 0 Å². The molecule has 8 aromatic carbocycles. The predicted octanol–water partition coefficient (Wildman–Crippen LogP) is 14.8.